The van der Waals surface area contributed by atoms with Gasteiger partial charge in [0.25, 0.3) is 0 Å². The molecule has 0 saturated carbocycles. The molecule has 0 aromatic carbocycles. The van der Waals surface area contributed by atoms with Gasteiger partial charge in [-0.05, 0) is 32.6 Å². The number of carbonyl (C=O) groups is 2. The van der Waals surface area contributed by atoms with E-state index in [1.54, 1.807) is 20.8 Å². The zero-order valence-electron chi connectivity index (χ0n) is 13.5. The Hall–Kier alpha value is -0.810. The first-order chi connectivity index (χ1) is 8.45. The Morgan fingerprint density at radius 2 is 1.50 bits per heavy atom. The second-order valence-corrected chi connectivity index (χ2v) is 6.53. The number of nitrogens with one attached hydrogen (secondary N) is 1. The minimum absolute atomic E-state index is 0. The number of hydrogen-bond acceptors (Lipinski definition) is 4. The van der Waals surface area contributed by atoms with Crippen molar-refractivity contribution < 1.29 is 14.3 Å². The maximum Gasteiger partial charge on any atom is 0.329 e. The lowest BCUT2D eigenvalue weighted by Gasteiger charge is -2.27. The number of carbonyl (C=O) groups excluding carboxylic acids is 2. The minimum atomic E-state index is -0.670. The fourth-order valence-corrected chi connectivity index (χ4v) is 1.42. The molecule has 0 aliphatic heterocycles. The molecule has 2 atom stereocenters. The van der Waals surface area contributed by atoms with E-state index in [0.29, 0.717) is 0 Å². The van der Waals surface area contributed by atoms with Crippen molar-refractivity contribution in [2.45, 2.75) is 66.2 Å². The molecule has 0 radical (unpaired) electrons. The number of nitrogens with two attached hydrogens (primary N) is 1. The van der Waals surface area contributed by atoms with Crippen LogP contribution in [0.5, 0.6) is 0 Å². The molecule has 1 amide bonds. The smallest absolute Gasteiger partial charge is 0.329 e. The molecule has 0 rings (SSSR count). The van der Waals surface area contributed by atoms with Crippen LogP contribution in [0.15, 0.2) is 0 Å². The van der Waals surface area contributed by atoms with Crippen molar-refractivity contribution in [2.75, 3.05) is 0 Å². The van der Waals surface area contributed by atoms with Crippen LogP contribution < -0.4 is 11.1 Å². The Labute approximate surface area is 128 Å². The van der Waals surface area contributed by atoms with Crippen molar-refractivity contribution in [3.63, 3.8) is 0 Å². The summed E-state index contributed by atoms with van der Waals surface area (Å²) in [5, 5.41) is 2.68. The van der Waals surface area contributed by atoms with E-state index in [1.807, 2.05) is 27.7 Å². The Morgan fingerprint density at radius 3 is 1.80 bits per heavy atom. The molecular formula is C14H29ClN2O3. The summed E-state index contributed by atoms with van der Waals surface area (Å²) < 4.78 is 5.31. The lowest BCUT2D eigenvalue weighted by atomic mass is 10.0. The highest BCUT2D eigenvalue weighted by Gasteiger charge is 2.31. The molecule has 0 aliphatic carbocycles. The van der Waals surface area contributed by atoms with Crippen LogP contribution in [0.3, 0.4) is 0 Å². The van der Waals surface area contributed by atoms with Crippen LogP contribution >= 0.6 is 12.4 Å². The van der Waals surface area contributed by atoms with Gasteiger partial charge in [-0.2, -0.15) is 0 Å². The molecule has 0 aromatic heterocycles. The summed E-state index contributed by atoms with van der Waals surface area (Å²) in [5.74, 6) is -0.782. The molecule has 0 spiro atoms. The first-order valence-corrected chi connectivity index (χ1v) is 6.74. The van der Waals surface area contributed by atoms with Crippen LogP contribution in [0.4, 0.5) is 0 Å². The quantitative estimate of drug-likeness (QED) is 0.760. The summed E-state index contributed by atoms with van der Waals surface area (Å²) in [6.45, 7) is 12.8. The first kappa shape index (κ1) is 21.5. The topological polar surface area (TPSA) is 81.4 Å². The van der Waals surface area contributed by atoms with E-state index in [9.17, 15) is 9.59 Å². The monoisotopic (exact) mass is 308 g/mol. The predicted octanol–water partition coefficient (Wildman–Crippen LogP) is 1.87. The summed E-state index contributed by atoms with van der Waals surface area (Å²) in [7, 11) is 0. The van der Waals surface area contributed by atoms with Crippen molar-refractivity contribution >= 4 is 24.3 Å². The van der Waals surface area contributed by atoms with E-state index in [-0.39, 0.29) is 30.2 Å². The van der Waals surface area contributed by atoms with Gasteiger partial charge < -0.3 is 15.8 Å². The SMILES string of the molecule is CC(C)[C@H](N)C(=O)N[C@H](C(=O)OC(C)(C)C)C(C)C.Cl. The molecular weight excluding hydrogens is 280 g/mol. The summed E-state index contributed by atoms with van der Waals surface area (Å²) in [6, 6.07) is -1.29. The minimum Gasteiger partial charge on any atom is -0.458 e. The molecule has 0 saturated heterocycles. The highest BCUT2D eigenvalue weighted by Crippen LogP contribution is 2.12. The van der Waals surface area contributed by atoms with Gasteiger partial charge in [0.1, 0.15) is 11.6 Å². The Bertz CT molecular complexity index is 325. The van der Waals surface area contributed by atoms with Gasteiger partial charge in [-0.1, -0.05) is 27.7 Å². The van der Waals surface area contributed by atoms with Crippen LogP contribution in [0.25, 0.3) is 0 Å². The number of rotatable bonds is 5. The standard InChI is InChI=1S/C14H28N2O3.ClH/c1-8(2)10(15)12(17)16-11(9(3)4)13(18)19-14(5,6)7;/h8-11H,15H2,1-7H3,(H,16,17);1H/t10-,11-;/m0./s1. The predicted molar refractivity (Wildman–Crippen MR) is 82.7 cm³/mol. The highest BCUT2D eigenvalue weighted by molar-refractivity contribution is 5.87. The lowest BCUT2D eigenvalue weighted by molar-refractivity contribution is -0.160. The third kappa shape index (κ3) is 7.70. The molecule has 0 fully saturated rings. The molecule has 6 heteroatoms. The largest absolute Gasteiger partial charge is 0.458 e. The number of esters is 1. The third-order valence-corrected chi connectivity index (χ3v) is 2.65. The molecule has 120 valence electrons. The first-order valence-electron chi connectivity index (χ1n) is 6.74. The number of amides is 1. The van der Waals surface area contributed by atoms with Gasteiger partial charge in [-0.15, -0.1) is 12.4 Å². The van der Waals surface area contributed by atoms with Crippen LogP contribution in [0.1, 0.15) is 48.5 Å². The van der Waals surface area contributed by atoms with Crippen molar-refractivity contribution in [1.29, 1.82) is 0 Å². The Kier molecular flexibility index (Phi) is 9.10. The second kappa shape index (κ2) is 8.47. The van der Waals surface area contributed by atoms with E-state index < -0.39 is 23.7 Å². The van der Waals surface area contributed by atoms with Gasteiger partial charge in [-0.25, -0.2) is 4.79 Å². The fourth-order valence-electron chi connectivity index (χ4n) is 1.42. The maximum absolute atomic E-state index is 12.1. The fraction of sp³-hybridized carbons (Fsp3) is 0.857. The van der Waals surface area contributed by atoms with Crippen molar-refractivity contribution in [2.24, 2.45) is 17.6 Å². The molecule has 20 heavy (non-hydrogen) atoms. The van der Waals surface area contributed by atoms with Crippen molar-refractivity contribution in [3.8, 4) is 0 Å². The number of hydrogen-bond donors (Lipinski definition) is 2. The average molecular weight is 309 g/mol. The summed E-state index contributed by atoms with van der Waals surface area (Å²) >= 11 is 0. The van der Waals surface area contributed by atoms with E-state index in [0.717, 1.165) is 0 Å². The number of halogens is 1. The number of ether oxygens (including phenoxy) is 1. The zero-order valence-corrected chi connectivity index (χ0v) is 14.3. The van der Waals surface area contributed by atoms with Gasteiger partial charge in [-0.3, -0.25) is 4.79 Å². The second-order valence-electron chi connectivity index (χ2n) is 6.53. The summed E-state index contributed by atoms with van der Waals surface area (Å²) in [4.78, 5) is 24.0. The lowest BCUT2D eigenvalue weighted by Crippen LogP contribution is -2.53. The average Bonchev–Trinajstić information content (AvgIpc) is 2.20. The zero-order chi connectivity index (χ0) is 15.4. The molecule has 0 aromatic rings. The molecule has 5 nitrogen and oxygen atoms in total. The Balaban J connectivity index is 0. The van der Waals surface area contributed by atoms with Gasteiger partial charge in [0.2, 0.25) is 5.91 Å². The van der Waals surface area contributed by atoms with E-state index in [4.69, 9.17) is 10.5 Å². The van der Waals surface area contributed by atoms with Gasteiger partial charge in [0, 0.05) is 0 Å². The van der Waals surface area contributed by atoms with E-state index in [1.165, 1.54) is 0 Å². The highest BCUT2D eigenvalue weighted by atomic mass is 35.5. The molecule has 0 bridgehead atoms. The van der Waals surface area contributed by atoms with E-state index >= 15 is 0 Å². The van der Waals surface area contributed by atoms with Crippen molar-refractivity contribution in [3.05, 3.63) is 0 Å². The normalized spacial score (nSPS) is 14.5. The maximum atomic E-state index is 12.1. The third-order valence-electron chi connectivity index (χ3n) is 2.65. The van der Waals surface area contributed by atoms with Gasteiger partial charge >= 0.3 is 5.97 Å². The Morgan fingerprint density at radius 1 is 1.05 bits per heavy atom. The van der Waals surface area contributed by atoms with Crippen LogP contribution in [-0.2, 0) is 14.3 Å². The molecule has 0 unspecified atom stereocenters. The van der Waals surface area contributed by atoms with Crippen molar-refractivity contribution in [1.82, 2.24) is 5.32 Å². The van der Waals surface area contributed by atoms with Gasteiger partial charge in [0.15, 0.2) is 0 Å². The molecule has 0 aliphatic rings. The summed E-state index contributed by atoms with van der Waals surface area (Å²) in [6.07, 6.45) is 0. The molecule has 0 heterocycles. The van der Waals surface area contributed by atoms with Crippen LogP contribution in [-0.4, -0.2) is 29.6 Å². The van der Waals surface area contributed by atoms with Crippen LogP contribution in [0.2, 0.25) is 0 Å². The van der Waals surface area contributed by atoms with Gasteiger partial charge in [0.05, 0.1) is 6.04 Å². The van der Waals surface area contributed by atoms with E-state index in [2.05, 4.69) is 5.32 Å². The molecule has 3 N–H and O–H groups in total. The van der Waals surface area contributed by atoms with Crippen LogP contribution in [0, 0.1) is 11.8 Å². The summed E-state index contributed by atoms with van der Waals surface area (Å²) in [5.41, 5.74) is 5.20.